The fraction of sp³-hybridized carbons (Fsp3) is 0.214. The van der Waals surface area contributed by atoms with E-state index in [1.54, 1.807) is 12.1 Å². The molecular weight excluding hydrogens is 456 g/mol. The summed E-state index contributed by atoms with van der Waals surface area (Å²) in [4.78, 5) is 33.0. The third-order valence-corrected chi connectivity index (χ3v) is 6.40. The number of carbonyl (C=O) groups excluding carboxylic acids is 1. The Labute approximate surface area is 208 Å². The van der Waals surface area contributed by atoms with E-state index < -0.39 is 4.92 Å². The first-order valence-corrected chi connectivity index (χ1v) is 11.9. The lowest BCUT2D eigenvalue weighted by molar-refractivity contribution is -0.384. The molecule has 1 amide bonds. The second kappa shape index (κ2) is 10.0. The third-order valence-electron chi connectivity index (χ3n) is 6.40. The van der Waals surface area contributed by atoms with Gasteiger partial charge in [-0.25, -0.2) is 4.98 Å². The Morgan fingerprint density at radius 3 is 2.33 bits per heavy atom. The first kappa shape index (κ1) is 23.3. The van der Waals surface area contributed by atoms with Gasteiger partial charge >= 0.3 is 0 Å². The second-order valence-electron chi connectivity index (χ2n) is 8.58. The molecule has 0 saturated carbocycles. The van der Waals surface area contributed by atoms with E-state index in [9.17, 15) is 14.9 Å². The predicted molar refractivity (Wildman–Crippen MR) is 140 cm³/mol. The molecule has 8 nitrogen and oxygen atoms in total. The number of nitro benzene ring substituents is 1. The number of rotatable bonds is 6. The highest BCUT2D eigenvalue weighted by atomic mass is 16.6. The summed E-state index contributed by atoms with van der Waals surface area (Å²) in [7, 11) is 0. The van der Waals surface area contributed by atoms with Crippen molar-refractivity contribution in [1.82, 2.24) is 9.88 Å². The molecule has 1 saturated heterocycles. The van der Waals surface area contributed by atoms with Crippen LogP contribution >= 0.6 is 0 Å². The highest BCUT2D eigenvalue weighted by Gasteiger charge is 2.25. The van der Waals surface area contributed by atoms with Crippen molar-refractivity contribution in [3.63, 3.8) is 0 Å². The van der Waals surface area contributed by atoms with Gasteiger partial charge in [-0.05, 0) is 55.5 Å². The molecule has 1 aliphatic heterocycles. The number of amides is 1. The molecule has 0 spiro atoms. The minimum Gasteiger partial charge on any atom is -0.494 e. The van der Waals surface area contributed by atoms with Crippen LogP contribution in [-0.4, -0.2) is 53.5 Å². The molecule has 0 atom stereocenters. The van der Waals surface area contributed by atoms with E-state index in [1.165, 1.54) is 12.1 Å². The van der Waals surface area contributed by atoms with Gasteiger partial charge in [-0.3, -0.25) is 14.9 Å². The van der Waals surface area contributed by atoms with E-state index in [0.29, 0.717) is 38.3 Å². The van der Waals surface area contributed by atoms with Crippen LogP contribution in [-0.2, 0) is 0 Å². The molecule has 1 aromatic heterocycles. The van der Waals surface area contributed by atoms with Gasteiger partial charge in [0.25, 0.3) is 11.6 Å². The predicted octanol–water partition coefficient (Wildman–Crippen LogP) is 5.17. The largest absolute Gasteiger partial charge is 0.494 e. The second-order valence-corrected chi connectivity index (χ2v) is 8.58. The number of hydrogen-bond donors (Lipinski definition) is 0. The molecule has 8 heteroatoms. The summed E-state index contributed by atoms with van der Waals surface area (Å²) in [5.74, 6) is 0.772. The van der Waals surface area contributed by atoms with Crippen LogP contribution in [0, 0.1) is 10.1 Å². The number of para-hydroxylation sites is 1. The van der Waals surface area contributed by atoms with Gasteiger partial charge in [0, 0.05) is 54.9 Å². The van der Waals surface area contributed by atoms with Crippen LogP contribution in [0.4, 0.5) is 11.4 Å². The van der Waals surface area contributed by atoms with E-state index in [0.717, 1.165) is 33.6 Å². The molecular formula is C28H26N4O4. The van der Waals surface area contributed by atoms with Crippen LogP contribution < -0.4 is 9.64 Å². The number of aromatic nitrogens is 1. The number of piperazine rings is 1. The van der Waals surface area contributed by atoms with Gasteiger partial charge in [-0.2, -0.15) is 0 Å². The van der Waals surface area contributed by atoms with Gasteiger partial charge < -0.3 is 14.5 Å². The van der Waals surface area contributed by atoms with Crippen LogP contribution in [0.25, 0.3) is 22.2 Å². The molecule has 0 bridgehead atoms. The van der Waals surface area contributed by atoms with E-state index in [2.05, 4.69) is 4.90 Å². The van der Waals surface area contributed by atoms with E-state index in [1.807, 2.05) is 66.4 Å². The highest BCUT2D eigenvalue weighted by Crippen LogP contribution is 2.28. The van der Waals surface area contributed by atoms with Crippen molar-refractivity contribution in [2.75, 3.05) is 37.7 Å². The van der Waals surface area contributed by atoms with Gasteiger partial charge in [0.2, 0.25) is 0 Å². The number of carbonyl (C=O) groups is 1. The standard InChI is InChI=1S/C28H26N4O4/c1-2-36-23-13-7-20(8-14-23)27-19-25(24-5-3-4-6-26(24)29-27)28(33)31-17-15-30(16-18-31)21-9-11-22(12-10-21)32(34)35/h3-14,19H,2,15-18H2,1H3. The number of anilines is 1. The van der Waals surface area contributed by atoms with Crippen LogP contribution in [0.15, 0.2) is 78.9 Å². The van der Waals surface area contributed by atoms with Crippen molar-refractivity contribution in [2.45, 2.75) is 6.92 Å². The van der Waals surface area contributed by atoms with Gasteiger partial charge in [0.05, 0.1) is 28.3 Å². The van der Waals surface area contributed by atoms with Crippen LogP contribution in [0.1, 0.15) is 17.3 Å². The zero-order valence-corrected chi connectivity index (χ0v) is 20.0. The van der Waals surface area contributed by atoms with Gasteiger partial charge in [-0.1, -0.05) is 18.2 Å². The molecule has 182 valence electrons. The van der Waals surface area contributed by atoms with Crippen LogP contribution in [0.5, 0.6) is 5.75 Å². The highest BCUT2D eigenvalue weighted by molar-refractivity contribution is 6.07. The van der Waals surface area contributed by atoms with E-state index in [-0.39, 0.29) is 11.6 Å². The molecule has 3 aromatic carbocycles. The van der Waals surface area contributed by atoms with Crippen molar-refractivity contribution < 1.29 is 14.5 Å². The van der Waals surface area contributed by atoms with Gasteiger partial charge in [-0.15, -0.1) is 0 Å². The van der Waals surface area contributed by atoms with Crippen molar-refractivity contribution in [3.05, 3.63) is 94.5 Å². The third kappa shape index (κ3) is 4.70. The Morgan fingerprint density at radius 1 is 0.972 bits per heavy atom. The molecule has 1 aliphatic rings. The Kier molecular flexibility index (Phi) is 6.49. The van der Waals surface area contributed by atoms with Gasteiger partial charge in [0.15, 0.2) is 0 Å². The summed E-state index contributed by atoms with van der Waals surface area (Å²) in [5, 5.41) is 11.8. The minimum absolute atomic E-state index is 0.0239. The lowest BCUT2D eigenvalue weighted by atomic mass is 10.0. The smallest absolute Gasteiger partial charge is 0.269 e. The number of ether oxygens (including phenoxy) is 1. The van der Waals surface area contributed by atoms with Crippen LogP contribution in [0.3, 0.4) is 0 Å². The first-order chi connectivity index (χ1) is 17.5. The normalized spacial score (nSPS) is 13.6. The fourth-order valence-corrected chi connectivity index (χ4v) is 4.51. The number of pyridine rings is 1. The number of nitro groups is 1. The number of benzene rings is 3. The number of non-ortho nitro benzene ring substituents is 1. The molecule has 0 radical (unpaired) electrons. The Bertz CT molecular complexity index is 1400. The number of fused-ring (bicyclic) bond motifs is 1. The molecule has 0 N–H and O–H groups in total. The number of nitrogens with zero attached hydrogens (tertiary/aromatic N) is 4. The minimum atomic E-state index is -0.402. The van der Waals surface area contributed by atoms with Crippen molar-refractivity contribution in [3.8, 4) is 17.0 Å². The monoisotopic (exact) mass is 482 g/mol. The van der Waals surface area contributed by atoms with Crippen LogP contribution in [0.2, 0.25) is 0 Å². The fourth-order valence-electron chi connectivity index (χ4n) is 4.51. The SMILES string of the molecule is CCOc1ccc(-c2cc(C(=O)N3CCN(c4ccc([N+](=O)[O-])cc4)CC3)c3ccccc3n2)cc1. The molecule has 2 heterocycles. The molecule has 36 heavy (non-hydrogen) atoms. The topological polar surface area (TPSA) is 88.8 Å². The quantitative estimate of drug-likeness (QED) is 0.278. The molecule has 0 aliphatic carbocycles. The average molecular weight is 483 g/mol. The maximum Gasteiger partial charge on any atom is 0.269 e. The summed E-state index contributed by atoms with van der Waals surface area (Å²) in [5.41, 5.74) is 4.05. The Hall–Kier alpha value is -4.46. The maximum absolute atomic E-state index is 13.7. The summed E-state index contributed by atoms with van der Waals surface area (Å²) in [6.07, 6.45) is 0. The summed E-state index contributed by atoms with van der Waals surface area (Å²) in [6.45, 7) is 4.97. The lowest BCUT2D eigenvalue weighted by Gasteiger charge is -2.36. The summed E-state index contributed by atoms with van der Waals surface area (Å²) < 4.78 is 5.55. The molecule has 4 aromatic rings. The van der Waals surface area contributed by atoms with Crippen molar-refractivity contribution in [1.29, 1.82) is 0 Å². The first-order valence-electron chi connectivity index (χ1n) is 11.9. The van der Waals surface area contributed by atoms with Crippen molar-refractivity contribution in [2.24, 2.45) is 0 Å². The zero-order valence-electron chi connectivity index (χ0n) is 20.0. The summed E-state index contributed by atoms with van der Waals surface area (Å²) in [6, 6.07) is 23.9. The lowest BCUT2D eigenvalue weighted by Crippen LogP contribution is -2.48. The average Bonchev–Trinajstić information content (AvgIpc) is 2.93. The van der Waals surface area contributed by atoms with Gasteiger partial charge in [0.1, 0.15) is 5.75 Å². The molecule has 5 rings (SSSR count). The molecule has 1 fully saturated rings. The number of hydrogen-bond acceptors (Lipinski definition) is 6. The zero-order chi connectivity index (χ0) is 25.1. The Morgan fingerprint density at radius 2 is 1.67 bits per heavy atom. The molecule has 0 unspecified atom stereocenters. The van der Waals surface area contributed by atoms with Crippen molar-refractivity contribution >= 4 is 28.2 Å². The maximum atomic E-state index is 13.7. The Balaban J connectivity index is 1.38. The van der Waals surface area contributed by atoms with E-state index >= 15 is 0 Å². The summed E-state index contributed by atoms with van der Waals surface area (Å²) >= 11 is 0. The van der Waals surface area contributed by atoms with E-state index in [4.69, 9.17) is 9.72 Å².